The second-order valence-electron chi connectivity index (χ2n) is 4.84. The quantitative estimate of drug-likeness (QED) is 0.507. The third-order valence-corrected chi connectivity index (χ3v) is 3.18. The van der Waals surface area contributed by atoms with Crippen LogP contribution in [0.3, 0.4) is 0 Å². The molecule has 3 amide bonds. The summed E-state index contributed by atoms with van der Waals surface area (Å²) in [6.45, 7) is 1.90. The standard InChI is InChI=1S/C12H19N3O3/c16-10-3-1-7-15(10)8-2-6-13-11(17)12(18)14-9-4-5-9/h9H,1-8H2,(H,13,17)(H,14,18). The van der Waals surface area contributed by atoms with E-state index in [1.165, 1.54) is 0 Å². The maximum absolute atomic E-state index is 11.4. The molecule has 0 aromatic carbocycles. The van der Waals surface area contributed by atoms with Gasteiger partial charge in [0.25, 0.3) is 0 Å². The lowest BCUT2D eigenvalue weighted by molar-refractivity contribution is -0.139. The SMILES string of the molecule is O=C(NCCCN1CCCC1=O)C(=O)NC1CC1. The molecule has 6 heteroatoms. The first-order chi connectivity index (χ1) is 8.66. The van der Waals surface area contributed by atoms with E-state index >= 15 is 0 Å². The summed E-state index contributed by atoms with van der Waals surface area (Å²) in [6.07, 6.45) is 4.19. The van der Waals surface area contributed by atoms with Crippen LogP contribution in [0.15, 0.2) is 0 Å². The van der Waals surface area contributed by atoms with Gasteiger partial charge in [-0.25, -0.2) is 0 Å². The highest BCUT2D eigenvalue weighted by molar-refractivity contribution is 6.35. The van der Waals surface area contributed by atoms with Gasteiger partial charge in [0, 0.05) is 32.1 Å². The van der Waals surface area contributed by atoms with Crippen LogP contribution in [0.2, 0.25) is 0 Å². The number of hydrogen-bond acceptors (Lipinski definition) is 3. The van der Waals surface area contributed by atoms with Gasteiger partial charge in [0.2, 0.25) is 5.91 Å². The van der Waals surface area contributed by atoms with Crippen LogP contribution in [-0.2, 0) is 14.4 Å². The van der Waals surface area contributed by atoms with Crippen molar-refractivity contribution >= 4 is 17.7 Å². The number of rotatable bonds is 5. The summed E-state index contributed by atoms with van der Waals surface area (Å²) in [5.74, 6) is -0.933. The van der Waals surface area contributed by atoms with Gasteiger partial charge in [-0.05, 0) is 25.7 Å². The highest BCUT2D eigenvalue weighted by Gasteiger charge is 2.26. The molecule has 0 unspecified atom stereocenters. The predicted octanol–water partition coefficient (Wildman–Crippen LogP) is -0.606. The van der Waals surface area contributed by atoms with Gasteiger partial charge in [0.1, 0.15) is 0 Å². The van der Waals surface area contributed by atoms with E-state index in [1.807, 2.05) is 0 Å². The molecule has 6 nitrogen and oxygen atoms in total. The van der Waals surface area contributed by atoms with Crippen molar-refractivity contribution in [3.63, 3.8) is 0 Å². The van der Waals surface area contributed by atoms with Crippen LogP contribution in [-0.4, -0.2) is 48.3 Å². The van der Waals surface area contributed by atoms with Crippen molar-refractivity contribution in [3.8, 4) is 0 Å². The summed E-state index contributed by atoms with van der Waals surface area (Å²) in [4.78, 5) is 35.8. The number of amides is 3. The first-order valence-corrected chi connectivity index (χ1v) is 6.53. The second-order valence-corrected chi connectivity index (χ2v) is 4.84. The summed E-state index contributed by atoms with van der Waals surface area (Å²) in [7, 11) is 0. The zero-order chi connectivity index (χ0) is 13.0. The van der Waals surface area contributed by atoms with Crippen LogP contribution in [0.1, 0.15) is 32.1 Å². The first kappa shape index (κ1) is 12.9. The van der Waals surface area contributed by atoms with Crippen LogP contribution in [0.25, 0.3) is 0 Å². The summed E-state index contributed by atoms with van der Waals surface area (Å²) in [5.41, 5.74) is 0. The van der Waals surface area contributed by atoms with E-state index in [-0.39, 0.29) is 11.9 Å². The maximum Gasteiger partial charge on any atom is 0.309 e. The van der Waals surface area contributed by atoms with Crippen molar-refractivity contribution in [2.24, 2.45) is 0 Å². The number of carbonyl (C=O) groups excluding carboxylic acids is 3. The summed E-state index contributed by atoms with van der Waals surface area (Å²) in [6, 6.07) is 0.200. The number of nitrogens with zero attached hydrogens (tertiary/aromatic N) is 1. The summed E-state index contributed by atoms with van der Waals surface area (Å²) in [5, 5.41) is 5.19. The molecule has 0 atom stereocenters. The Hall–Kier alpha value is -1.59. The molecule has 1 heterocycles. The van der Waals surface area contributed by atoms with Crippen LogP contribution < -0.4 is 10.6 Å². The van der Waals surface area contributed by atoms with Gasteiger partial charge in [0.15, 0.2) is 0 Å². The molecule has 2 fully saturated rings. The molecule has 1 aliphatic heterocycles. The zero-order valence-electron chi connectivity index (χ0n) is 10.4. The topological polar surface area (TPSA) is 78.5 Å². The third kappa shape index (κ3) is 3.72. The molecule has 18 heavy (non-hydrogen) atoms. The summed E-state index contributed by atoms with van der Waals surface area (Å²) < 4.78 is 0. The Morgan fingerprint density at radius 3 is 2.67 bits per heavy atom. The van der Waals surface area contributed by atoms with E-state index in [0.717, 1.165) is 25.8 Å². The van der Waals surface area contributed by atoms with E-state index in [4.69, 9.17) is 0 Å². The van der Waals surface area contributed by atoms with Crippen molar-refractivity contribution in [2.45, 2.75) is 38.1 Å². The molecule has 0 aromatic rings. The molecule has 0 aromatic heterocycles. The van der Waals surface area contributed by atoms with Crippen molar-refractivity contribution < 1.29 is 14.4 Å². The first-order valence-electron chi connectivity index (χ1n) is 6.53. The molecule has 1 aliphatic carbocycles. The van der Waals surface area contributed by atoms with Crippen LogP contribution in [0.4, 0.5) is 0 Å². The molecular weight excluding hydrogens is 234 g/mol. The van der Waals surface area contributed by atoms with Gasteiger partial charge in [0.05, 0.1) is 0 Å². The molecule has 2 N–H and O–H groups in total. The molecule has 2 aliphatic rings. The largest absolute Gasteiger partial charge is 0.348 e. The minimum absolute atomic E-state index is 0.188. The number of nitrogens with one attached hydrogen (secondary N) is 2. The number of carbonyl (C=O) groups is 3. The van der Waals surface area contributed by atoms with Crippen molar-refractivity contribution in [1.82, 2.24) is 15.5 Å². The zero-order valence-corrected chi connectivity index (χ0v) is 10.4. The van der Waals surface area contributed by atoms with Gasteiger partial charge in [-0.15, -0.1) is 0 Å². The molecule has 1 saturated carbocycles. The van der Waals surface area contributed by atoms with Gasteiger partial charge in [-0.1, -0.05) is 0 Å². The lowest BCUT2D eigenvalue weighted by Gasteiger charge is -2.15. The van der Waals surface area contributed by atoms with E-state index in [9.17, 15) is 14.4 Å². The molecule has 2 rings (SSSR count). The van der Waals surface area contributed by atoms with Crippen LogP contribution in [0.5, 0.6) is 0 Å². The Morgan fingerprint density at radius 2 is 2.06 bits per heavy atom. The third-order valence-electron chi connectivity index (χ3n) is 3.18. The normalized spacial score (nSPS) is 18.9. The number of likely N-dealkylation sites (tertiary alicyclic amines) is 1. The minimum Gasteiger partial charge on any atom is -0.348 e. The Kier molecular flexibility index (Phi) is 4.17. The average Bonchev–Trinajstić information content (AvgIpc) is 3.06. The lowest BCUT2D eigenvalue weighted by Crippen LogP contribution is -2.41. The van der Waals surface area contributed by atoms with Gasteiger partial charge in [-0.3, -0.25) is 14.4 Å². The Bertz CT molecular complexity index is 352. The smallest absolute Gasteiger partial charge is 0.309 e. The molecule has 100 valence electrons. The monoisotopic (exact) mass is 253 g/mol. The highest BCUT2D eigenvalue weighted by Crippen LogP contribution is 2.18. The van der Waals surface area contributed by atoms with Crippen molar-refractivity contribution in [3.05, 3.63) is 0 Å². The maximum atomic E-state index is 11.4. The lowest BCUT2D eigenvalue weighted by atomic mass is 10.3. The fraction of sp³-hybridized carbons (Fsp3) is 0.750. The van der Waals surface area contributed by atoms with E-state index in [1.54, 1.807) is 4.90 Å². The van der Waals surface area contributed by atoms with Crippen LogP contribution in [0, 0.1) is 0 Å². The fourth-order valence-electron chi connectivity index (χ4n) is 1.97. The number of hydrogen-bond donors (Lipinski definition) is 2. The van der Waals surface area contributed by atoms with Crippen molar-refractivity contribution in [1.29, 1.82) is 0 Å². The highest BCUT2D eigenvalue weighted by atomic mass is 16.2. The van der Waals surface area contributed by atoms with Gasteiger partial charge < -0.3 is 15.5 Å². The second kappa shape index (κ2) is 5.84. The van der Waals surface area contributed by atoms with Crippen molar-refractivity contribution in [2.75, 3.05) is 19.6 Å². The molecule has 0 spiro atoms. The minimum atomic E-state index is -0.574. The Labute approximate surface area is 106 Å². The molecule has 0 bridgehead atoms. The van der Waals surface area contributed by atoms with Gasteiger partial charge in [-0.2, -0.15) is 0 Å². The van der Waals surface area contributed by atoms with Crippen LogP contribution >= 0.6 is 0 Å². The van der Waals surface area contributed by atoms with E-state index in [0.29, 0.717) is 25.9 Å². The fourth-order valence-corrected chi connectivity index (χ4v) is 1.97. The average molecular weight is 253 g/mol. The van der Waals surface area contributed by atoms with E-state index < -0.39 is 11.8 Å². The Morgan fingerprint density at radius 1 is 1.28 bits per heavy atom. The molecular formula is C12H19N3O3. The Balaban J connectivity index is 1.55. The predicted molar refractivity (Wildman–Crippen MR) is 64.6 cm³/mol. The summed E-state index contributed by atoms with van der Waals surface area (Å²) >= 11 is 0. The van der Waals surface area contributed by atoms with E-state index in [2.05, 4.69) is 10.6 Å². The molecule has 1 saturated heterocycles. The van der Waals surface area contributed by atoms with Gasteiger partial charge >= 0.3 is 11.8 Å². The molecule has 0 radical (unpaired) electrons.